The molecule has 0 aliphatic carbocycles. The van der Waals surface area contributed by atoms with E-state index >= 15 is 0 Å². The van der Waals surface area contributed by atoms with Crippen LogP contribution in [0.2, 0.25) is 0 Å². The fourth-order valence-electron chi connectivity index (χ4n) is 5.04. The van der Waals surface area contributed by atoms with Crippen LogP contribution in [0.3, 0.4) is 0 Å². The minimum atomic E-state index is -0.555. The van der Waals surface area contributed by atoms with Gasteiger partial charge in [0.05, 0.1) is 25.4 Å². The van der Waals surface area contributed by atoms with E-state index in [9.17, 15) is 9.90 Å². The van der Waals surface area contributed by atoms with Gasteiger partial charge in [-0.3, -0.25) is 9.69 Å². The van der Waals surface area contributed by atoms with E-state index in [1.165, 1.54) is 13.3 Å². The van der Waals surface area contributed by atoms with Crippen LogP contribution < -0.4 is 5.32 Å². The molecule has 4 rings (SSSR count). The molecule has 0 aromatic heterocycles. The molecule has 2 N–H and O–H groups in total. The molecule has 34 heavy (non-hydrogen) atoms. The third-order valence-electron chi connectivity index (χ3n) is 6.88. The molecule has 5 atom stereocenters. The smallest absolute Gasteiger partial charge is 0.221 e. The number of hydrogen-bond acceptors (Lipinski definition) is 6. The van der Waals surface area contributed by atoms with Crippen molar-refractivity contribution in [3.05, 3.63) is 65.2 Å². The average molecular weight is 469 g/mol. The molecule has 0 unspecified atom stereocenters. The first kappa shape index (κ1) is 24.8. The van der Waals surface area contributed by atoms with E-state index in [4.69, 9.17) is 14.2 Å². The number of carbonyl (C=O) groups excluding carboxylic acids is 1. The van der Waals surface area contributed by atoms with Gasteiger partial charge < -0.3 is 24.6 Å². The number of aliphatic hydroxyl groups excluding tert-OH is 1. The first-order valence-corrected chi connectivity index (χ1v) is 12.1. The van der Waals surface area contributed by atoms with E-state index in [0.717, 1.165) is 48.5 Å². The van der Waals surface area contributed by atoms with Gasteiger partial charge in [0.2, 0.25) is 5.91 Å². The van der Waals surface area contributed by atoms with Crippen molar-refractivity contribution in [2.24, 2.45) is 5.92 Å². The highest BCUT2D eigenvalue weighted by atomic mass is 16.7. The zero-order valence-corrected chi connectivity index (χ0v) is 20.3. The molecule has 0 spiro atoms. The second kappa shape index (κ2) is 11.4. The number of ether oxygens (including phenoxy) is 3. The van der Waals surface area contributed by atoms with Crippen molar-refractivity contribution in [3.63, 3.8) is 0 Å². The molecule has 7 nitrogen and oxygen atoms in total. The Morgan fingerprint density at radius 1 is 1.18 bits per heavy atom. The van der Waals surface area contributed by atoms with E-state index in [-0.39, 0.29) is 30.6 Å². The van der Waals surface area contributed by atoms with Gasteiger partial charge in [0.25, 0.3) is 0 Å². The van der Waals surface area contributed by atoms with Gasteiger partial charge >= 0.3 is 0 Å². The maximum absolute atomic E-state index is 11.6. The number of carbonyl (C=O) groups is 1. The summed E-state index contributed by atoms with van der Waals surface area (Å²) in [6.45, 7) is 6.27. The molecule has 2 aliphatic rings. The van der Waals surface area contributed by atoms with Gasteiger partial charge in [-0.2, -0.15) is 0 Å². The summed E-state index contributed by atoms with van der Waals surface area (Å²) in [5.74, 6) is 0.00717. The lowest BCUT2D eigenvalue weighted by Crippen LogP contribution is -2.46. The van der Waals surface area contributed by atoms with Gasteiger partial charge in [0, 0.05) is 43.8 Å². The molecule has 0 bridgehead atoms. The van der Waals surface area contributed by atoms with Gasteiger partial charge in [-0.1, -0.05) is 43.3 Å². The maximum Gasteiger partial charge on any atom is 0.221 e. The number of anilines is 1. The molecule has 7 heteroatoms. The second-order valence-corrected chi connectivity index (χ2v) is 9.37. The van der Waals surface area contributed by atoms with Crippen LogP contribution in [-0.4, -0.2) is 54.9 Å². The predicted octanol–water partition coefficient (Wildman–Crippen LogP) is 4.04. The van der Waals surface area contributed by atoms with Crippen LogP contribution in [0.25, 0.3) is 0 Å². The molecule has 2 aliphatic heterocycles. The number of aliphatic hydroxyl groups is 1. The van der Waals surface area contributed by atoms with Crippen LogP contribution in [-0.2, 0) is 25.6 Å². The van der Waals surface area contributed by atoms with Crippen molar-refractivity contribution >= 4 is 11.6 Å². The van der Waals surface area contributed by atoms with Gasteiger partial charge in [-0.25, -0.2) is 0 Å². The molecule has 2 heterocycles. The average Bonchev–Trinajstić information content (AvgIpc) is 3.27. The summed E-state index contributed by atoms with van der Waals surface area (Å²) in [5.41, 5.74) is 3.53. The summed E-state index contributed by atoms with van der Waals surface area (Å²) in [6.07, 6.45) is 1.55. The Morgan fingerprint density at radius 2 is 1.97 bits per heavy atom. The molecule has 2 aromatic rings. The summed E-state index contributed by atoms with van der Waals surface area (Å²) in [5, 5.41) is 12.3. The highest BCUT2D eigenvalue weighted by Gasteiger charge is 2.40. The van der Waals surface area contributed by atoms with Gasteiger partial charge in [0.15, 0.2) is 6.29 Å². The van der Waals surface area contributed by atoms with Crippen LogP contribution in [0.15, 0.2) is 48.5 Å². The second-order valence-electron chi connectivity index (χ2n) is 9.37. The normalized spacial score (nSPS) is 27.6. The summed E-state index contributed by atoms with van der Waals surface area (Å²) >= 11 is 0. The lowest BCUT2D eigenvalue weighted by atomic mass is 9.90. The predicted molar refractivity (Wildman–Crippen MR) is 130 cm³/mol. The Kier molecular flexibility index (Phi) is 8.34. The third kappa shape index (κ3) is 5.85. The van der Waals surface area contributed by atoms with E-state index in [1.54, 1.807) is 7.11 Å². The van der Waals surface area contributed by atoms with Crippen molar-refractivity contribution in [3.8, 4) is 0 Å². The zero-order valence-electron chi connectivity index (χ0n) is 20.3. The van der Waals surface area contributed by atoms with Gasteiger partial charge in [-0.05, 0) is 42.6 Å². The Labute approximate surface area is 202 Å². The number of likely N-dealkylation sites (tertiary alicyclic amines) is 1. The van der Waals surface area contributed by atoms with Crippen molar-refractivity contribution in [2.45, 2.75) is 57.8 Å². The molecular weight excluding hydrogens is 432 g/mol. The van der Waals surface area contributed by atoms with Gasteiger partial charge in [-0.15, -0.1) is 0 Å². The monoisotopic (exact) mass is 468 g/mol. The molecule has 2 fully saturated rings. The van der Waals surface area contributed by atoms with Crippen LogP contribution in [0.4, 0.5) is 5.69 Å². The van der Waals surface area contributed by atoms with Crippen LogP contribution in [0, 0.1) is 5.92 Å². The number of nitrogens with one attached hydrogen (secondary N) is 1. The highest BCUT2D eigenvalue weighted by molar-refractivity contribution is 5.88. The van der Waals surface area contributed by atoms with Crippen LogP contribution >= 0.6 is 0 Å². The van der Waals surface area contributed by atoms with E-state index in [1.807, 2.05) is 48.5 Å². The quantitative estimate of drug-likeness (QED) is 0.609. The number of methoxy groups -OCH3 is 1. The van der Waals surface area contributed by atoms with E-state index < -0.39 is 6.29 Å². The van der Waals surface area contributed by atoms with Crippen molar-refractivity contribution in [2.75, 3.05) is 32.1 Å². The number of amides is 1. The molecule has 0 radical (unpaired) electrons. The Morgan fingerprint density at radius 3 is 2.68 bits per heavy atom. The highest BCUT2D eigenvalue weighted by Crippen LogP contribution is 2.42. The minimum Gasteiger partial charge on any atom is -0.392 e. The number of nitrogens with zero attached hydrogens (tertiary/aromatic N) is 1. The topological polar surface area (TPSA) is 80.3 Å². The largest absolute Gasteiger partial charge is 0.392 e. The van der Waals surface area contributed by atoms with Crippen molar-refractivity contribution in [1.29, 1.82) is 0 Å². The summed E-state index contributed by atoms with van der Waals surface area (Å²) in [7, 11) is 1.76. The van der Waals surface area contributed by atoms with E-state index in [0.29, 0.717) is 6.04 Å². The molecule has 2 saturated heterocycles. The van der Waals surface area contributed by atoms with Crippen molar-refractivity contribution in [1.82, 2.24) is 4.90 Å². The zero-order chi connectivity index (χ0) is 24.1. The van der Waals surface area contributed by atoms with Crippen LogP contribution in [0.5, 0.6) is 0 Å². The fraction of sp³-hybridized carbons (Fsp3) is 0.519. The fourth-order valence-corrected chi connectivity index (χ4v) is 5.04. The molecule has 1 amide bonds. The summed E-state index contributed by atoms with van der Waals surface area (Å²) < 4.78 is 18.6. The Balaban J connectivity index is 1.60. The Bertz CT molecular complexity index is 950. The summed E-state index contributed by atoms with van der Waals surface area (Å²) in [6, 6.07) is 16.0. The SMILES string of the molecule is COC[C@@H]1CCCN1C[C@@H]1O[C@H](c2cccc(NC(C)=O)c2)O[C@H](c2ccc(CO)cc2)[C@@H]1C. The first-order valence-electron chi connectivity index (χ1n) is 12.1. The summed E-state index contributed by atoms with van der Waals surface area (Å²) in [4.78, 5) is 14.0. The van der Waals surface area contributed by atoms with Crippen molar-refractivity contribution < 1.29 is 24.1 Å². The maximum atomic E-state index is 11.6. The molecule has 0 saturated carbocycles. The lowest BCUT2D eigenvalue weighted by molar-refractivity contribution is -0.276. The molecule has 184 valence electrons. The van der Waals surface area contributed by atoms with E-state index in [2.05, 4.69) is 17.1 Å². The number of rotatable bonds is 8. The molecule has 2 aromatic carbocycles. The van der Waals surface area contributed by atoms with Crippen LogP contribution in [0.1, 0.15) is 55.8 Å². The first-order chi connectivity index (χ1) is 16.5. The Hall–Kier alpha value is -2.29. The number of benzene rings is 2. The minimum absolute atomic E-state index is 0.0154. The molecular formula is C27H36N2O5. The third-order valence-corrected chi connectivity index (χ3v) is 6.88. The number of hydrogen-bond donors (Lipinski definition) is 2. The van der Waals surface area contributed by atoms with Gasteiger partial charge in [0.1, 0.15) is 0 Å². The standard InChI is InChI=1S/C27H36N2O5/c1-18-25(15-29-13-5-8-24(29)17-32-3)33-27(22-6-4-7-23(14-22)28-19(2)31)34-26(18)21-11-9-20(16-30)10-12-21/h4,6-7,9-12,14,18,24-27,30H,5,8,13,15-17H2,1-3H3,(H,28,31)/t18-,24+,25+,26+,27+/m1/s1. The lowest BCUT2D eigenvalue weighted by Gasteiger charge is -2.43.